The third kappa shape index (κ3) is 55.5. The van der Waals surface area contributed by atoms with E-state index >= 15 is 0 Å². The molecule has 5 nitrogen and oxygen atoms in total. The fourth-order valence-electron chi connectivity index (χ4n) is 2.50. The third-order valence-electron chi connectivity index (χ3n) is 5.12. The van der Waals surface area contributed by atoms with Gasteiger partial charge in [0.25, 0.3) is 0 Å². The zero-order chi connectivity index (χ0) is 38.1. The first-order chi connectivity index (χ1) is 22.7. The average molecular weight is 708 g/mol. The monoisotopic (exact) mass is 706 g/mol. The Hall–Kier alpha value is -2.93. The zero-order valence-electron chi connectivity index (χ0n) is 32.4. The standard InChI is InChI=1S/C10H12.C8H18OSi.C7H12O2.C6H10O2.C5H9Cl.C5H10/c1-3-9-5-7-10(4-2)8-6-9;1-5-6-7-8-9-10(2,3)4;1-4-5-9-7(8)6(2)3;1-3-5-8-6(7)4-2;1-2-3-4-5-6;1-3-5-4-2/h3,5-8H,1,4H2,2H3;5-6H,7-8H2,1-4H3;2,4-5H2,1,3H3;4H,2-3,5H2,1H3;4-5H,2-3H2,1H3;3H,1,4-5H2,2H3/b;6-5-;;;5-4-;. The fourth-order valence-corrected chi connectivity index (χ4v) is 3.36. The van der Waals surface area contributed by atoms with Crippen molar-refractivity contribution in [3.63, 3.8) is 0 Å². The number of carbonyl (C=O) groups excluding carboxylic acids is 2. The van der Waals surface area contributed by atoms with Crippen LogP contribution < -0.4 is 0 Å². The Morgan fingerprint density at radius 2 is 1.33 bits per heavy atom. The molecule has 0 fully saturated rings. The lowest BCUT2D eigenvalue weighted by atomic mass is 10.1. The number of aryl methyl sites for hydroxylation is 1. The first-order valence-corrected chi connectivity index (χ1v) is 21.0. The number of esters is 2. The highest BCUT2D eigenvalue weighted by atomic mass is 35.5. The molecule has 0 aliphatic heterocycles. The van der Waals surface area contributed by atoms with Crippen LogP contribution in [0.4, 0.5) is 0 Å². The second-order valence-electron chi connectivity index (χ2n) is 11.1. The van der Waals surface area contributed by atoms with Gasteiger partial charge in [0, 0.05) is 23.8 Å². The third-order valence-corrected chi connectivity index (χ3v) is 6.37. The van der Waals surface area contributed by atoms with Gasteiger partial charge >= 0.3 is 11.9 Å². The Morgan fingerprint density at radius 1 is 0.792 bits per heavy atom. The SMILES string of the molecule is C/C=C\CCO[Si](C)(C)C.C=C(C)C(=O)OCCC.C=CC(=O)OCCC.C=CCCC.C=Cc1ccc(CC)cc1.CCC/C=C\Cl. The maximum Gasteiger partial charge on any atom is 0.333 e. The van der Waals surface area contributed by atoms with Gasteiger partial charge in [-0.2, -0.15) is 0 Å². The Morgan fingerprint density at radius 3 is 1.65 bits per heavy atom. The number of carbonyl (C=O) groups is 2. The smallest absolute Gasteiger partial charge is 0.333 e. The highest BCUT2D eigenvalue weighted by Crippen LogP contribution is 2.05. The molecular weight excluding hydrogens is 636 g/mol. The molecule has 0 aliphatic carbocycles. The fraction of sp³-hybridized carbons (Fsp3) is 0.512. The first kappa shape index (κ1) is 54.5. The van der Waals surface area contributed by atoms with Gasteiger partial charge in [-0.25, -0.2) is 9.59 Å². The van der Waals surface area contributed by atoms with Crippen molar-refractivity contribution >= 4 is 37.9 Å². The summed E-state index contributed by atoms with van der Waals surface area (Å²) in [6.07, 6.45) is 19.7. The zero-order valence-corrected chi connectivity index (χ0v) is 34.1. The van der Waals surface area contributed by atoms with E-state index in [1.807, 2.05) is 39.0 Å². The van der Waals surface area contributed by atoms with E-state index in [2.05, 4.69) is 108 Å². The van der Waals surface area contributed by atoms with Crippen LogP contribution in [0.2, 0.25) is 19.6 Å². The van der Waals surface area contributed by atoms with Gasteiger partial charge in [0.15, 0.2) is 8.32 Å². The lowest BCUT2D eigenvalue weighted by Crippen LogP contribution is -2.25. The van der Waals surface area contributed by atoms with Crippen LogP contribution >= 0.6 is 11.6 Å². The van der Waals surface area contributed by atoms with Gasteiger partial charge in [0.1, 0.15) is 0 Å². The first-order valence-electron chi connectivity index (χ1n) is 17.2. The van der Waals surface area contributed by atoms with Crippen molar-refractivity contribution < 1.29 is 23.5 Å². The van der Waals surface area contributed by atoms with Crippen molar-refractivity contribution in [3.8, 4) is 0 Å². The van der Waals surface area contributed by atoms with E-state index in [-0.39, 0.29) is 11.9 Å². The number of hydrogen-bond acceptors (Lipinski definition) is 5. The molecule has 0 bridgehead atoms. The summed E-state index contributed by atoms with van der Waals surface area (Å²) < 4.78 is 14.9. The largest absolute Gasteiger partial charge is 0.463 e. The molecule has 7 heteroatoms. The maximum absolute atomic E-state index is 10.6. The van der Waals surface area contributed by atoms with E-state index in [1.165, 1.54) is 24.0 Å². The second kappa shape index (κ2) is 44.1. The molecule has 0 heterocycles. The molecule has 0 unspecified atom stereocenters. The minimum Gasteiger partial charge on any atom is -0.463 e. The Kier molecular flexibility index (Phi) is 50.0. The molecule has 276 valence electrons. The Balaban J connectivity index is -0.000000157. The molecule has 0 aromatic heterocycles. The molecule has 0 saturated heterocycles. The molecule has 0 amide bonds. The van der Waals surface area contributed by atoms with Crippen molar-refractivity contribution in [2.45, 2.75) is 119 Å². The van der Waals surface area contributed by atoms with E-state index in [0.717, 1.165) is 51.2 Å². The topological polar surface area (TPSA) is 61.8 Å². The molecular formula is C41H71ClO5Si. The van der Waals surface area contributed by atoms with E-state index in [9.17, 15) is 9.59 Å². The van der Waals surface area contributed by atoms with Gasteiger partial charge in [-0.15, -0.1) is 6.58 Å². The summed E-state index contributed by atoms with van der Waals surface area (Å²) in [5.74, 6) is -0.635. The molecule has 0 atom stereocenters. The molecule has 0 aliphatic rings. The number of ether oxygens (including phenoxy) is 2. The number of rotatable bonds is 16. The lowest BCUT2D eigenvalue weighted by molar-refractivity contribution is -0.139. The molecule has 0 radical (unpaired) electrons. The van der Waals surface area contributed by atoms with E-state index in [0.29, 0.717) is 18.8 Å². The van der Waals surface area contributed by atoms with Crippen LogP contribution in [0.25, 0.3) is 6.08 Å². The van der Waals surface area contributed by atoms with Gasteiger partial charge in [-0.3, -0.25) is 0 Å². The summed E-state index contributed by atoms with van der Waals surface area (Å²) in [6, 6.07) is 8.45. The van der Waals surface area contributed by atoms with Gasteiger partial charge in [0.05, 0.1) is 13.2 Å². The van der Waals surface area contributed by atoms with Gasteiger partial charge in [-0.05, 0) is 83.1 Å². The van der Waals surface area contributed by atoms with Crippen molar-refractivity contribution in [2.75, 3.05) is 19.8 Å². The number of halogens is 1. The summed E-state index contributed by atoms with van der Waals surface area (Å²) in [4.78, 5) is 20.8. The predicted octanol–water partition coefficient (Wildman–Crippen LogP) is 12.8. The molecule has 1 aromatic rings. The van der Waals surface area contributed by atoms with Crippen molar-refractivity contribution in [2.24, 2.45) is 0 Å². The molecule has 48 heavy (non-hydrogen) atoms. The number of benzene rings is 1. The minimum absolute atomic E-state index is 0.295. The second-order valence-corrected chi connectivity index (χ2v) is 15.9. The van der Waals surface area contributed by atoms with Gasteiger partial charge in [-0.1, -0.05) is 133 Å². The van der Waals surface area contributed by atoms with Crippen LogP contribution in [0.3, 0.4) is 0 Å². The van der Waals surface area contributed by atoms with Gasteiger partial charge in [0.2, 0.25) is 0 Å². The highest BCUT2D eigenvalue weighted by molar-refractivity contribution is 6.69. The quantitative estimate of drug-likeness (QED) is 0.0563. The number of unbranched alkanes of at least 4 members (excludes halogenated alkanes) is 2. The predicted molar refractivity (Wildman–Crippen MR) is 217 cm³/mol. The van der Waals surface area contributed by atoms with Crippen LogP contribution in [0.1, 0.15) is 105 Å². The molecule has 1 rings (SSSR count). The van der Waals surface area contributed by atoms with E-state index in [1.54, 1.807) is 12.5 Å². The van der Waals surface area contributed by atoms with E-state index in [4.69, 9.17) is 20.8 Å². The normalized spacial score (nSPS) is 9.65. The summed E-state index contributed by atoms with van der Waals surface area (Å²) in [5, 5.41) is 0. The van der Waals surface area contributed by atoms with Crippen LogP contribution in [0.5, 0.6) is 0 Å². The Bertz CT molecular complexity index is 960. The van der Waals surface area contributed by atoms with Crippen LogP contribution in [-0.2, 0) is 29.9 Å². The number of hydrogen-bond donors (Lipinski definition) is 0. The molecule has 0 N–H and O–H groups in total. The molecule has 1 aromatic carbocycles. The highest BCUT2D eigenvalue weighted by Gasteiger charge is 2.12. The molecule has 0 spiro atoms. The lowest BCUT2D eigenvalue weighted by Gasteiger charge is -2.15. The van der Waals surface area contributed by atoms with Crippen molar-refractivity contribution in [1.82, 2.24) is 0 Å². The molecule has 0 saturated carbocycles. The Labute approximate surface area is 303 Å². The van der Waals surface area contributed by atoms with Crippen LogP contribution in [-0.4, -0.2) is 40.1 Å². The summed E-state index contributed by atoms with van der Waals surface area (Å²) in [5.41, 5.74) is 4.59. The van der Waals surface area contributed by atoms with Crippen molar-refractivity contribution in [3.05, 3.63) is 103 Å². The summed E-state index contributed by atoms with van der Waals surface area (Å²) in [7, 11) is -1.24. The average Bonchev–Trinajstić information content (AvgIpc) is 3.08. The van der Waals surface area contributed by atoms with Crippen molar-refractivity contribution in [1.29, 1.82) is 0 Å². The van der Waals surface area contributed by atoms with Gasteiger partial charge < -0.3 is 13.9 Å². The number of allylic oxidation sites excluding steroid dienone is 3. The maximum atomic E-state index is 10.6. The van der Waals surface area contributed by atoms with Crippen LogP contribution in [0, 0.1) is 0 Å². The minimum atomic E-state index is -1.24. The van der Waals surface area contributed by atoms with Crippen LogP contribution in [0.15, 0.2) is 92.1 Å². The summed E-state index contributed by atoms with van der Waals surface area (Å²) in [6.45, 7) is 36.4. The summed E-state index contributed by atoms with van der Waals surface area (Å²) >= 11 is 5.20. The van der Waals surface area contributed by atoms with E-state index < -0.39 is 8.32 Å².